The second kappa shape index (κ2) is 6.60. The quantitative estimate of drug-likeness (QED) is 0.384. The van der Waals surface area contributed by atoms with Gasteiger partial charge in [0.25, 0.3) is 0 Å². The molecule has 0 spiro atoms. The van der Waals surface area contributed by atoms with Crippen LogP contribution in [0.4, 0.5) is 0 Å². The highest BCUT2D eigenvalue weighted by Gasteiger charge is 2.34. The minimum absolute atomic E-state index is 0.109. The Labute approximate surface area is 95.9 Å². The molecule has 0 rings (SSSR count). The predicted octanol–water partition coefficient (Wildman–Crippen LogP) is 0.639. The maximum Gasteiger partial charge on any atom is 0.365 e. The minimum atomic E-state index is -1.92. The lowest BCUT2D eigenvalue weighted by molar-refractivity contribution is 0.487. The lowest BCUT2D eigenvalue weighted by atomic mass is 10.1. The first-order valence-corrected chi connectivity index (χ1v) is 7.81. The molecule has 0 saturated heterocycles. The first-order valence-electron chi connectivity index (χ1n) is 5.81. The molecule has 0 amide bonds. The largest absolute Gasteiger partial charge is 0.365 e. The topological polar surface area (TPSA) is 48.1 Å². The maximum atomic E-state index is 3.63. The van der Waals surface area contributed by atoms with Gasteiger partial charge in [0.2, 0.25) is 0 Å². The van der Waals surface area contributed by atoms with E-state index in [-0.39, 0.29) is 5.54 Å². The van der Waals surface area contributed by atoms with Gasteiger partial charge in [-0.15, -0.1) is 0 Å². The van der Waals surface area contributed by atoms with E-state index >= 15 is 0 Å². The Balaban J connectivity index is 4.30. The summed E-state index contributed by atoms with van der Waals surface area (Å²) in [5.41, 5.74) is 0.109. The molecule has 92 valence electrons. The molecule has 0 saturated carbocycles. The van der Waals surface area contributed by atoms with Crippen molar-refractivity contribution in [2.75, 3.05) is 20.6 Å². The molecule has 0 radical (unpaired) electrons. The van der Waals surface area contributed by atoms with E-state index in [1.54, 1.807) is 0 Å². The predicted molar refractivity (Wildman–Crippen MR) is 69.7 cm³/mol. The van der Waals surface area contributed by atoms with E-state index in [2.05, 4.69) is 47.6 Å². The van der Waals surface area contributed by atoms with Crippen molar-refractivity contribution >= 4 is 8.72 Å². The Morgan fingerprint density at radius 3 is 1.93 bits per heavy atom. The van der Waals surface area contributed by atoms with E-state index < -0.39 is 8.72 Å². The van der Waals surface area contributed by atoms with Crippen LogP contribution in [0.25, 0.3) is 0 Å². The summed E-state index contributed by atoms with van der Waals surface area (Å²) in [6.45, 7) is 9.81. The van der Waals surface area contributed by atoms with E-state index in [1.165, 1.54) is 12.8 Å². The standard InChI is InChI=1S/C10H28N4Si/c1-7-8-9-13-15(11-5,12-6)14-10(2,3)4/h11-14H,7-9H2,1-6H3. The molecule has 5 heteroatoms. The van der Waals surface area contributed by atoms with Crippen LogP contribution < -0.4 is 19.9 Å². The molecule has 15 heavy (non-hydrogen) atoms. The van der Waals surface area contributed by atoms with Crippen molar-refractivity contribution < 1.29 is 0 Å². The molecule has 0 aromatic carbocycles. The van der Waals surface area contributed by atoms with Crippen LogP contribution in [-0.2, 0) is 0 Å². The summed E-state index contributed by atoms with van der Waals surface area (Å²) in [4.78, 5) is 14.0. The van der Waals surface area contributed by atoms with Gasteiger partial charge in [-0.05, 0) is 47.8 Å². The van der Waals surface area contributed by atoms with Crippen LogP contribution in [0.1, 0.15) is 40.5 Å². The lowest BCUT2D eigenvalue weighted by Crippen LogP contribution is -2.82. The van der Waals surface area contributed by atoms with E-state index in [0.29, 0.717) is 0 Å². The first-order chi connectivity index (χ1) is 6.89. The van der Waals surface area contributed by atoms with Gasteiger partial charge in [0.1, 0.15) is 0 Å². The average Bonchev–Trinajstić information content (AvgIpc) is 2.15. The summed E-state index contributed by atoms with van der Waals surface area (Å²) in [6.07, 6.45) is 2.43. The molecule has 0 aliphatic heterocycles. The summed E-state index contributed by atoms with van der Waals surface area (Å²) in [7, 11) is 2.08. The van der Waals surface area contributed by atoms with Gasteiger partial charge in [-0.1, -0.05) is 13.3 Å². The van der Waals surface area contributed by atoms with Crippen molar-refractivity contribution in [2.45, 2.75) is 46.1 Å². The number of hydrogen-bond donors (Lipinski definition) is 4. The molecule has 0 aliphatic carbocycles. The van der Waals surface area contributed by atoms with Gasteiger partial charge >= 0.3 is 8.72 Å². The fraction of sp³-hybridized carbons (Fsp3) is 1.00. The third-order valence-electron chi connectivity index (χ3n) is 2.23. The third-order valence-corrected chi connectivity index (χ3v) is 5.64. The number of unbranched alkanes of at least 4 members (excludes halogenated alkanes) is 1. The zero-order valence-electron chi connectivity index (χ0n) is 11.1. The van der Waals surface area contributed by atoms with Gasteiger partial charge in [-0.3, -0.25) is 4.98 Å². The van der Waals surface area contributed by atoms with Gasteiger partial charge < -0.3 is 14.9 Å². The highest BCUT2D eigenvalue weighted by Crippen LogP contribution is 2.01. The van der Waals surface area contributed by atoms with Crippen LogP contribution in [0.2, 0.25) is 0 Å². The van der Waals surface area contributed by atoms with Crippen LogP contribution in [0.15, 0.2) is 0 Å². The zero-order valence-corrected chi connectivity index (χ0v) is 12.1. The van der Waals surface area contributed by atoms with Gasteiger partial charge in [0.05, 0.1) is 0 Å². The summed E-state index contributed by atoms with van der Waals surface area (Å²) < 4.78 is 0. The van der Waals surface area contributed by atoms with Crippen molar-refractivity contribution in [3.05, 3.63) is 0 Å². The minimum Gasteiger partial charge on any atom is -0.303 e. The Morgan fingerprint density at radius 2 is 1.60 bits per heavy atom. The molecule has 0 heterocycles. The van der Waals surface area contributed by atoms with Crippen molar-refractivity contribution in [1.82, 2.24) is 19.9 Å². The lowest BCUT2D eigenvalue weighted by Gasteiger charge is -2.37. The second-order valence-electron chi connectivity index (χ2n) is 4.91. The van der Waals surface area contributed by atoms with E-state index in [0.717, 1.165) is 6.54 Å². The van der Waals surface area contributed by atoms with Crippen molar-refractivity contribution in [2.24, 2.45) is 0 Å². The number of rotatable bonds is 7. The number of hydrogen-bond acceptors (Lipinski definition) is 4. The molecule has 0 aliphatic rings. The van der Waals surface area contributed by atoms with Crippen molar-refractivity contribution in [1.29, 1.82) is 0 Å². The summed E-state index contributed by atoms with van der Waals surface area (Å²) >= 11 is 0. The third kappa shape index (κ3) is 6.27. The average molecular weight is 232 g/mol. The molecular formula is C10H28N4Si. The van der Waals surface area contributed by atoms with Crippen molar-refractivity contribution in [3.8, 4) is 0 Å². The van der Waals surface area contributed by atoms with Gasteiger partial charge in [0.15, 0.2) is 0 Å². The summed E-state index contributed by atoms with van der Waals surface area (Å²) in [5, 5.41) is 0. The van der Waals surface area contributed by atoms with Crippen LogP contribution in [-0.4, -0.2) is 34.9 Å². The highest BCUT2D eigenvalue weighted by atomic mass is 28.4. The molecule has 0 bridgehead atoms. The molecule has 0 aromatic heterocycles. The Morgan fingerprint density at radius 1 is 1.07 bits per heavy atom. The van der Waals surface area contributed by atoms with E-state index in [1.807, 2.05) is 14.1 Å². The summed E-state index contributed by atoms with van der Waals surface area (Å²) in [5.74, 6) is 0. The molecule has 4 nitrogen and oxygen atoms in total. The fourth-order valence-electron chi connectivity index (χ4n) is 1.49. The molecule has 0 fully saturated rings. The summed E-state index contributed by atoms with van der Waals surface area (Å²) in [6, 6.07) is 0. The Bertz CT molecular complexity index is 163. The van der Waals surface area contributed by atoms with E-state index in [4.69, 9.17) is 0 Å². The number of nitrogens with one attached hydrogen (secondary N) is 4. The monoisotopic (exact) mass is 232 g/mol. The smallest absolute Gasteiger partial charge is 0.303 e. The Hall–Kier alpha value is 0.0569. The van der Waals surface area contributed by atoms with Crippen LogP contribution in [0, 0.1) is 0 Å². The SMILES string of the molecule is CCCCN[Si](NC)(NC)NC(C)(C)C. The van der Waals surface area contributed by atoms with Gasteiger partial charge in [-0.2, -0.15) is 0 Å². The zero-order chi connectivity index (χ0) is 11.9. The molecule has 0 unspecified atom stereocenters. The van der Waals surface area contributed by atoms with E-state index in [9.17, 15) is 0 Å². The molecule has 0 atom stereocenters. The van der Waals surface area contributed by atoms with Crippen LogP contribution >= 0.6 is 0 Å². The normalized spacial score (nSPS) is 13.2. The van der Waals surface area contributed by atoms with Gasteiger partial charge in [0, 0.05) is 5.54 Å². The van der Waals surface area contributed by atoms with Gasteiger partial charge in [-0.25, -0.2) is 0 Å². The Kier molecular flexibility index (Phi) is 6.62. The highest BCUT2D eigenvalue weighted by molar-refractivity contribution is 6.70. The molecule has 0 aromatic rings. The molecular weight excluding hydrogens is 204 g/mol. The van der Waals surface area contributed by atoms with Crippen LogP contribution in [0.5, 0.6) is 0 Å². The first kappa shape index (κ1) is 15.1. The molecule has 4 N–H and O–H groups in total. The van der Waals surface area contributed by atoms with Crippen LogP contribution in [0.3, 0.4) is 0 Å². The van der Waals surface area contributed by atoms with Crippen molar-refractivity contribution in [3.63, 3.8) is 0 Å². The second-order valence-corrected chi connectivity index (χ2v) is 8.01. The maximum absolute atomic E-state index is 3.63. The fourth-order valence-corrected chi connectivity index (χ4v) is 4.10.